The van der Waals surface area contributed by atoms with Crippen molar-refractivity contribution in [3.8, 4) is 0 Å². The second kappa shape index (κ2) is 8.01. The summed E-state index contributed by atoms with van der Waals surface area (Å²) < 4.78 is 13.2. The summed E-state index contributed by atoms with van der Waals surface area (Å²) >= 11 is 6.02. The van der Waals surface area contributed by atoms with E-state index in [1.54, 1.807) is 23.2 Å². The summed E-state index contributed by atoms with van der Waals surface area (Å²) in [5, 5.41) is 3.04. The molecule has 1 aliphatic rings. The van der Waals surface area contributed by atoms with Crippen LogP contribution in [-0.2, 0) is 11.3 Å². The molecular weight excluding hydrogens is 393 g/mol. The lowest BCUT2D eigenvalue weighted by Gasteiger charge is -2.24. The Morgan fingerprint density at radius 1 is 1.14 bits per heavy atom. The summed E-state index contributed by atoms with van der Waals surface area (Å²) in [6.45, 7) is 0.166. The number of nitrogens with zero attached hydrogens (tertiary/aromatic N) is 2. The van der Waals surface area contributed by atoms with E-state index in [1.807, 2.05) is 30.3 Å². The number of carbonyl (C=O) groups is 2. The number of para-hydroxylation sites is 1. The Morgan fingerprint density at radius 2 is 1.93 bits per heavy atom. The number of amides is 2. The molecule has 29 heavy (non-hydrogen) atoms. The predicted molar refractivity (Wildman–Crippen MR) is 108 cm³/mol. The summed E-state index contributed by atoms with van der Waals surface area (Å²) in [6, 6.07) is 16.1. The molecule has 3 aromatic rings. The summed E-state index contributed by atoms with van der Waals surface area (Å²) in [6.07, 6.45) is 1.66. The van der Waals surface area contributed by atoms with E-state index in [0.717, 1.165) is 0 Å². The maximum Gasteiger partial charge on any atom is 0.260 e. The van der Waals surface area contributed by atoms with E-state index in [1.165, 1.54) is 18.2 Å². The third-order valence-corrected chi connectivity index (χ3v) is 5.17. The topological polar surface area (TPSA) is 62.3 Å². The molecule has 0 unspecified atom stereocenters. The minimum atomic E-state index is -0.509. The summed E-state index contributed by atoms with van der Waals surface area (Å²) in [4.78, 5) is 31.6. The van der Waals surface area contributed by atoms with Crippen molar-refractivity contribution in [3.63, 3.8) is 0 Å². The summed E-state index contributed by atoms with van der Waals surface area (Å²) in [5.74, 6) is -0.878. The Kier molecular flexibility index (Phi) is 5.27. The van der Waals surface area contributed by atoms with Crippen molar-refractivity contribution in [2.24, 2.45) is 0 Å². The Bertz CT molecular complexity index is 1070. The minimum Gasteiger partial charge on any atom is -0.352 e. The van der Waals surface area contributed by atoms with E-state index in [4.69, 9.17) is 11.6 Å². The SMILES string of the molecule is O=C(C[C@@H]1c2ncccc2C(=O)N1c1ccccc1)NCc1ccc(F)cc1Cl. The van der Waals surface area contributed by atoms with Gasteiger partial charge in [-0.1, -0.05) is 35.9 Å². The van der Waals surface area contributed by atoms with Gasteiger partial charge in [-0.2, -0.15) is 0 Å². The van der Waals surface area contributed by atoms with Gasteiger partial charge in [0, 0.05) is 23.5 Å². The molecule has 1 aromatic heterocycles. The first-order valence-corrected chi connectivity index (χ1v) is 9.46. The zero-order valence-corrected chi connectivity index (χ0v) is 16.1. The van der Waals surface area contributed by atoms with Gasteiger partial charge in [0.2, 0.25) is 5.91 Å². The highest BCUT2D eigenvalue weighted by Crippen LogP contribution is 2.38. The van der Waals surface area contributed by atoms with Gasteiger partial charge in [0.25, 0.3) is 5.91 Å². The number of hydrogen-bond donors (Lipinski definition) is 1. The fourth-order valence-electron chi connectivity index (χ4n) is 3.44. The molecule has 2 aromatic carbocycles. The Morgan fingerprint density at radius 3 is 2.69 bits per heavy atom. The van der Waals surface area contributed by atoms with Gasteiger partial charge in [-0.05, 0) is 42.0 Å². The molecule has 1 N–H and O–H groups in total. The largest absolute Gasteiger partial charge is 0.352 e. The van der Waals surface area contributed by atoms with Gasteiger partial charge < -0.3 is 5.32 Å². The van der Waals surface area contributed by atoms with Crippen LogP contribution in [0.4, 0.5) is 10.1 Å². The number of carbonyl (C=O) groups excluding carboxylic acids is 2. The third-order valence-electron chi connectivity index (χ3n) is 4.82. The number of aromatic nitrogens is 1. The van der Waals surface area contributed by atoms with Gasteiger partial charge in [0.1, 0.15) is 5.82 Å². The molecule has 0 aliphatic carbocycles. The highest BCUT2D eigenvalue weighted by molar-refractivity contribution is 6.31. The standard InChI is InChI=1S/C22H17ClFN3O2/c23-18-11-15(24)9-8-14(18)13-26-20(28)12-19-21-17(7-4-10-25-21)22(29)27(19)16-5-2-1-3-6-16/h1-11,19H,12-13H2,(H,26,28)/t19-/m1/s1. The fourth-order valence-corrected chi connectivity index (χ4v) is 3.67. The van der Waals surface area contributed by atoms with E-state index in [2.05, 4.69) is 10.3 Å². The van der Waals surface area contributed by atoms with Gasteiger partial charge in [-0.3, -0.25) is 19.5 Å². The second-order valence-corrected chi connectivity index (χ2v) is 7.09. The first-order chi connectivity index (χ1) is 14.0. The molecule has 0 spiro atoms. The fraction of sp³-hybridized carbons (Fsp3) is 0.136. The van der Waals surface area contributed by atoms with Crippen molar-refractivity contribution in [2.45, 2.75) is 19.0 Å². The monoisotopic (exact) mass is 409 g/mol. The van der Waals surface area contributed by atoms with Crippen LogP contribution >= 0.6 is 11.6 Å². The molecule has 4 rings (SSSR count). The van der Waals surface area contributed by atoms with Crippen molar-refractivity contribution in [3.05, 3.63) is 94.5 Å². The van der Waals surface area contributed by atoms with Crippen LogP contribution in [0.2, 0.25) is 5.02 Å². The van der Waals surface area contributed by atoms with Crippen molar-refractivity contribution in [2.75, 3.05) is 4.90 Å². The summed E-state index contributed by atoms with van der Waals surface area (Å²) in [5.41, 5.74) is 2.39. The van der Waals surface area contributed by atoms with Crippen molar-refractivity contribution < 1.29 is 14.0 Å². The number of benzene rings is 2. The van der Waals surface area contributed by atoms with Crippen LogP contribution in [0.3, 0.4) is 0 Å². The van der Waals surface area contributed by atoms with Crippen LogP contribution in [0.5, 0.6) is 0 Å². The maximum atomic E-state index is 13.2. The molecule has 0 saturated carbocycles. The van der Waals surface area contributed by atoms with E-state index >= 15 is 0 Å². The molecule has 1 atom stereocenters. The lowest BCUT2D eigenvalue weighted by molar-refractivity contribution is -0.121. The quantitative estimate of drug-likeness (QED) is 0.684. The molecule has 0 fully saturated rings. The van der Waals surface area contributed by atoms with Crippen molar-refractivity contribution in [1.82, 2.24) is 10.3 Å². The normalized spacial score (nSPS) is 15.3. The zero-order valence-electron chi connectivity index (χ0n) is 15.3. The van der Waals surface area contributed by atoms with Crippen LogP contribution in [0, 0.1) is 5.82 Å². The molecule has 5 nitrogen and oxygen atoms in total. The van der Waals surface area contributed by atoms with Crippen LogP contribution in [0.25, 0.3) is 0 Å². The predicted octanol–water partition coefficient (Wildman–Crippen LogP) is 4.28. The Hall–Kier alpha value is -3.25. The van der Waals surface area contributed by atoms with Crippen LogP contribution in [0.15, 0.2) is 66.9 Å². The minimum absolute atomic E-state index is 0.0451. The average Bonchev–Trinajstić information content (AvgIpc) is 3.00. The molecule has 0 radical (unpaired) electrons. The number of anilines is 1. The molecule has 0 bridgehead atoms. The molecule has 1 aliphatic heterocycles. The highest BCUT2D eigenvalue weighted by atomic mass is 35.5. The molecule has 2 heterocycles. The first kappa shape index (κ1) is 19.1. The smallest absolute Gasteiger partial charge is 0.260 e. The van der Waals surface area contributed by atoms with Crippen LogP contribution in [-0.4, -0.2) is 16.8 Å². The van der Waals surface area contributed by atoms with Crippen molar-refractivity contribution in [1.29, 1.82) is 0 Å². The first-order valence-electron chi connectivity index (χ1n) is 9.09. The van der Waals surface area contributed by atoms with Crippen LogP contribution in [0.1, 0.15) is 34.1 Å². The lowest BCUT2D eigenvalue weighted by atomic mass is 10.1. The molecule has 146 valence electrons. The maximum absolute atomic E-state index is 13.2. The number of rotatable bonds is 5. The number of halogens is 2. The zero-order chi connectivity index (χ0) is 20.4. The summed E-state index contributed by atoms with van der Waals surface area (Å²) in [7, 11) is 0. The van der Waals surface area contributed by atoms with Gasteiger partial charge in [0.15, 0.2) is 0 Å². The number of nitrogens with one attached hydrogen (secondary N) is 1. The molecule has 0 saturated heterocycles. The second-order valence-electron chi connectivity index (χ2n) is 6.68. The number of hydrogen-bond acceptors (Lipinski definition) is 3. The third kappa shape index (κ3) is 3.84. The van der Waals surface area contributed by atoms with Crippen molar-refractivity contribution >= 4 is 29.1 Å². The van der Waals surface area contributed by atoms with Gasteiger partial charge in [-0.25, -0.2) is 4.39 Å². The van der Waals surface area contributed by atoms with E-state index in [9.17, 15) is 14.0 Å². The van der Waals surface area contributed by atoms with Gasteiger partial charge in [0.05, 0.1) is 23.7 Å². The van der Waals surface area contributed by atoms with Crippen LogP contribution < -0.4 is 10.2 Å². The molecule has 2 amide bonds. The number of fused-ring (bicyclic) bond motifs is 1. The Balaban J connectivity index is 1.54. The average molecular weight is 410 g/mol. The highest BCUT2D eigenvalue weighted by Gasteiger charge is 2.39. The molecule has 7 heteroatoms. The number of pyridine rings is 1. The molecular formula is C22H17ClFN3O2. The van der Waals surface area contributed by atoms with Gasteiger partial charge >= 0.3 is 0 Å². The lowest BCUT2D eigenvalue weighted by Crippen LogP contribution is -2.33. The van der Waals surface area contributed by atoms with E-state index in [-0.39, 0.29) is 29.8 Å². The van der Waals surface area contributed by atoms with Gasteiger partial charge in [-0.15, -0.1) is 0 Å². The van der Waals surface area contributed by atoms with E-state index in [0.29, 0.717) is 22.5 Å². The Labute approximate surface area is 172 Å². The van der Waals surface area contributed by atoms with E-state index < -0.39 is 11.9 Å².